The molecule has 2 N–H and O–H groups in total. The molecular formula is C24H23N3O4. The molecule has 1 aromatic heterocycles. The molecule has 7 heteroatoms. The number of aryl methyl sites for hydroxylation is 1. The van der Waals surface area contributed by atoms with Crippen LogP contribution in [0.25, 0.3) is 0 Å². The largest absolute Gasteiger partial charge is 0.497 e. The highest BCUT2D eigenvalue weighted by atomic mass is 16.5. The number of para-hydroxylation sites is 1. The minimum atomic E-state index is -0.314. The Bertz CT molecular complexity index is 1130. The van der Waals surface area contributed by atoms with Crippen LogP contribution in [-0.2, 0) is 6.42 Å². The topological polar surface area (TPSA) is 92.9 Å². The number of carbonyl (C=O) groups is 2. The summed E-state index contributed by atoms with van der Waals surface area (Å²) in [6, 6.07) is 16.0. The van der Waals surface area contributed by atoms with E-state index in [1.54, 1.807) is 31.4 Å². The fraction of sp³-hybridized carbons (Fsp3) is 0.208. The molecule has 7 nitrogen and oxygen atoms in total. The molecule has 1 aliphatic rings. The number of hydrazone groups is 1. The van der Waals surface area contributed by atoms with Crippen molar-refractivity contribution in [1.29, 1.82) is 0 Å². The molecule has 2 amide bonds. The van der Waals surface area contributed by atoms with Crippen molar-refractivity contribution >= 4 is 23.2 Å². The van der Waals surface area contributed by atoms with Crippen molar-refractivity contribution in [3.63, 3.8) is 0 Å². The van der Waals surface area contributed by atoms with Gasteiger partial charge in [0.1, 0.15) is 11.5 Å². The van der Waals surface area contributed by atoms with Crippen molar-refractivity contribution in [2.24, 2.45) is 5.10 Å². The summed E-state index contributed by atoms with van der Waals surface area (Å²) < 4.78 is 11.0. The van der Waals surface area contributed by atoms with Crippen LogP contribution in [0.3, 0.4) is 0 Å². The highest BCUT2D eigenvalue weighted by Gasteiger charge is 2.28. The van der Waals surface area contributed by atoms with Crippen LogP contribution in [0.4, 0.5) is 5.69 Å². The van der Waals surface area contributed by atoms with Gasteiger partial charge < -0.3 is 14.5 Å². The lowest BCUT2D eigenvalue weighted by Crippen LogP contribution is -2.22. The SMILES string of the molecule is COc1ccc(C(=O)N/N=C2\CCCc3oc(C(=O)Nc4ccccc4)c(C)c32)cc1. The van der Waals surface area contributed by atoms with Crippen LogP contribution in [-0.4, -0.2) is 24.6 Å². The molecule has 31 heavy (non-hydrogen) atoms. The molecule has 158 valence electrons. The van der Waals surface area contributed by atoms with Gasteiger partial charge in [-0.3, -0.25) is 9.59 Å². The molecule has 4 rings (SSSR count). The van der Waals surface area contributed by atoms with E-state index >= 15 is 0 Å². The average molecular weight is 417 g/mol. The maximum absolute atomic E-state index is 12.7. The maximum atomic E-state index is 12.7. The zero-order valence-electron chi connectivity index (χ0n) is 17.4. The fourth-order valence-corrected chi connectivity index (χ4v) is 3.63. The van der Waals surface area contributed by atoms with E-state index in [0.717, 1.165) is 29.7 Å². The van der Waals surface area contributed by atoms with Crippen molar-refractivity contribution in [3.8, 4) is 5.75 Å². The number of fused-ring (bicyclic) bond motifs is 1. The number of hydrogen-bond acceptors (Lipinski definition) is 5. The normalized spacial score (nSPS) is 14.1. The first-order valence-electron chi connectivity index (χ1n) is 10.1. The molecule has 0 unspecified atom stereocenters. The van der Waals surface area contributed by atoms with Gasteiger partial charge >= 0.3 is 0 Å². The van der Waals surface area contributed by atoms with Crippen LogP contribution in [0.15, 0.2) is 64.1 Å². The summed E-state index contributed by atoms with van der Waals surface area (Å²) in [4.78, 5) is 25.2. The lowest BCUT2D eigenvalue weighted by Gasteiger charge is -2.13. The Morgan fingerprint density at radius 1 is 1.00 bits per heavy atom. The van der Waals surface area contributed by atoms with Crippen LogP contribution in [0.1, 0.15) is 50.6 Å². The number of methoxy groups -OCH3 is 1. The Balaban J connectivity index is 1.54. The van der Waals surface area contributed by atoms with Gasteiger partial charge in [0.25, 0.3) is 11.8 Å². The third-order valence-electron chi connectivity index (χ3n) is 5.21. The summed E-state index contributed by atoms with van der Waals surface area (Å²) in [6.45, 7) is 1.84. The number of hydrogen-bond donors (Lipinski definition) is 2. The van der Waals surface area contributed by atoms with Crippen LogP contribution < -0.4 is 15.5 Å². The number of ether oxygens (including phenoxy) is 1. The van der Waals surface area contributed by atoms with E-state index in [1.807, 2.05) is 37.3 Å². The first kappa shape index (κ1) is 20.4. The molecule has 0 aliphatic heterocycles. The van der Waals surface area contributed by atoms with Gasteiger partial charge in [0.15, 0.2) is 5.76 Å². The third-order valence-corrected chi connectivity index (χ3v) is 5.21. The summed E-state index contributed by atoms with van der Waals surface area (Å²) in [6.07, 6.45) is 2.24. The minimum Gasteiger partial charge on any atom is -0.497 e. The van der Waals surface area contributed by atoms with Gasteiger partial charge in [-0.15, -0.1) is 0 Å². The van der Waals surface area contributed by atoms with Crippen molar-refractivity contribution in [2.45, 2.75) is 26.2 Å². The van der Waals surface area contributed by atoms with Gasteiger partial charge in [-0.1, -0.05) is 18.2 Å². The molecule has 0 saturated carbocycles. The third kappa shape index (κ3) is 4.35. The molecule has 3 aromatic rings. The maximum Gasteiger partial charge on any atom is 0.291 e. The van der Waals surface area contributed by atoms with E-state index in [1.165, 1.54) is 0 Å². The first-order valence-corrected chi connectivity index (χ1v) is 10.1. The monoisotopic (exact) mass is 417 g/mol. The van der Waals surface area contributed by atoms with Crippen LogP contribution in [0.5, 0.6) is 5.75 Å². The Morgan fingerprint density at radius 2 is 1.74 bits per heavy atom. The van der Waals surface area contributed by atoms with Gasteiger partial charge in [0, 0.05) is 28.8 Å². The van der Waals surface area contributed by atoms with Crippen molar-refractivity contribution in [3.05, 3.63) is 82.8 Å². The van der Waals surface area contributed by atoms with Gasteiger partial charge in [0.05, 0.1) is 12.8 Å². The molecule has 0 fully saturated rings. The molecule has 0 atom stereocenters. The Labute approximate surface area is 180 Å². The number of furan rings is 1. The molecular weight excluding hydrogens is 394 g/mol. The van der Waals surface area contributed by atoms with Gasteiger partial charge in [0.2, 0.25) is 0 Å². The standard InChI is InChI=1S/C24H23N3O4/c1-15-21-19(26-27-23(28)16-11-13-18(30-2)14-12-16)9-6-10-20(21)31-22(15)24(29)25-17-7-4-3-5-8-17/h3-5,7-8,11-14H,6,9-10H2,1-2H3,(H,25,29)(H,27,28)/b26-19+. The van der Waals surface area contributed by atoms with Crippen molar-refractivity contribution in [1.82, 2.24) is 5.43 Å². The predicted octanol–water partition coefficient (Wildman–Crippen LogP) is 4.32. The van der Waals surface area contributed by atoms with E-state index < -0.39 is 0 Å². The van der Waals surface area contributed by atoms with E-state index in [2.05, 4.69) is 15.8 Å². The quantitative estimate of drug-likeness (QED) is 0.605. The number of benzene rings is 2. The number of nitrogens with one attached hydrogen (secondary N) is 2. The van der Waals surface area contributed by atoms with E-state index in [9.17, 15) is 9.59 Å². The minimum absolute atomic E-state index is 0.268. The molecule has 1 aliphatic carbocycles. The lowest BCUT2D eigenvalue weighted by atomic mass is 9.93. The van der Waals surface area contributed by atoms with Gasteiger partial charge in [-0.25, -0.2) is 5.43 Å². The highest BCUT2D eigenvalue weighted by Crippen LogP contribution is 2.30. The fourth-order valence-electron chi connectivity index (χ4n) is 3.63. The molecule has 0 bridgehead atoms. The zero-order chi connectivity index (χ0) is 21.8. The number of rotatable bonds is 5. The summed E-state index contributed by atoms with van der Waals surface area (Å²) >= 11 is 0. The number of carbonyl (C=O) groups excluding carboxylic acids is 2. The lowest BCUT2D eigenvalue weighted by molar-refractivity contribution is 0.0953. The molecule has 1 heterocycles. The first-order chi connectivity index (χ1) is 15.1. The predicted molar refractivity (Wildman–Crippen MR) is 118 cm³/mol. The zero-order valence-corrected chi connectivity index (χ0v) is 17.4. The van der Waals surface area contributed by atoms with E-state index in [4.69, 9.17) is 9.15 Å². The van der Waals surface area contributed by atoms with Gasteiger partial charge in [-0.2, -0.15) is 5.10 Å². The average Bonchev–Trinajstić information content (AvgIpc) is 3.15. The summed E-state index contributed by atoms with van der Waals surface area (Å²) in [5.74, 6) is 1.05. The molecule has 0 radical (unpaired) electrons. The number of nitrogens with zero attached hydrogens (tertiary/aromatic N) is 1. The van der Waals surface area contributed by atoms with Gasteiger partial charge in [-0.05, 0) is 56.2 Å². The number of amides is 2. The Hall–Kier alpha value is -3.87. The summed E-state index contributed by atoms with van der Waals surface area (Å²) in [5, 5.41) is 7.21. The summed E-state index contributed by atoms with van der Waals surface area (Å²) in [5.41, 5.74) is 6.03. The second-order valence-corrected chi connectivity index (χ2v) is 7.26. The molecule has 2 aromatic carbocycles. The summed E-state index contributed by atoms with van der Waals surface area (Å²) in [7, 11) is 1.57. The van der Waals surface area contributed by atoms with Crippen molar-refractivity contribution < 1.29 is 18.7 Å². The van der Waals surface area contributed by atoms with Crippen molar-refractivity contribution in [2.75, 3.05) is 12.4 Å². The Morgan fingerprint density at radius 3 is 2.45 bits per heavy atom. The van der Waals surface area contributed by atoms with Crippen LogP contribution in [0.2, 0.25) is 0 Å². The van der Waals surface area contributed by atoms with E-state index in [-0.39, 0.29) is 17.6 Å². The molecule has 0 saturated heterocycles. The Kier molecular flexibility index (Phi) is 5.84. The van der Waals surface area contributed by atoms with E-state index in [0.29, 0.717) is 29.1 Å². The smallest absolute Gasteiger partial charge is 0.291 e. The second kappa shape index (κ2) is 8.87. The highest BCUT2D eigenvalue weighted by molar-refractivity contribution is 6.09. The number of anilines is 1. The van der Waals surface area contributed by atoms with Crippen LogP contribution in [0, 0.1) is 6.92 Å². The second-order valence-electron chi connectivity index (χ2n) is 7.26. The molecule has 0 spiro atoms. The van der Waals surface area contributed by atoms with Crippen LogP contribution >= 0.6 is 0 Å².